The number of amides is 2. The number of hydrogen-bond donors (Lipinski definition) is 2. The van der Waals surface area contributed by atoms with E-state index in [0.717, 1.165) is 10.0 Å². The lowest BCUT2D eigenvalue weighted by molar-refractivity contribution is -0.137. The third-order valence-electron chi connectivity index (χ3n) is 2.12. The Hall–Kier alpha value is -1.36. The van der Waals surface area contributed by atoms with Gasteiger partial charge in [0.25, 0.3) is 0 Å². The van der Waals surface area contributed by atoms with Crippen LogP contribution in [0.5, 0.6) is 0 Å². The first kappa shape index (κ1) is 14.7. The second-order valence-corrected chi connectivity index (χ2v) is 5.98. The van der Waals surface area contributed by atoms with Crippen molar-refractivity contribution in [3.05, 3.63) is 28.2 Å². The van der Waals surface area contributed by atoms with Crippen LogP contribution < -0.4 is 10.6 Å². The highest BCUT2D eigenvalue weighted by Crippen LogP contribution is 2.20. The van der Waals surface area contributed by atoms with E-state index >= 15 is 0 Å². The maximum atomic E-state index is 11.6. The quantitative estimate of drug-likeness (QED) is 0.783. The van der Waals surface area contributed by atoms with Crippen LogP contribution in [0.1, 0.15) is 26.3 Å². The molecule has 98 valence electrons. The number of carbonyl (C=O) groups excluding carboxylic acids is 2. The maximum Gasteiger partial charge on any atom is 0.313 e. The summed E-state index contributed by atoms with van der Waals surface area (Å²) in [4.78, 5) is 23.2. The molecule has 1 aromatic carbocycles. The summed E-state index contributed by atoms with van der Waals surface area (Å²) in [6.45, 7) is 7.41. The molecule has 0 bridgehead atoms. The first-order chi connectivity index (χ1) is 8.19. The minimum atomic E-state index is -0.666. The maximum absolute atomic E-state index is 11.6. The van der Waals surface area contributed by atoms with Gasteiger partial charge in [-0.3, -0.25) is 9.59 Å². The molecule has 0 aliphatic rings. The number of aryl methyl sites for hydroxylation is 1. The number of carbonyl (C=O) groups is 2. The Morgan fingerprint density at radius 3 is 2.28 bits per heavy atom. The summed E-state index contributed by atoms with van der Waals surface area (Å²) in [5.41, 5.74) is 1.22. The van der Waals surface area contributed by atoms with Gasteiger partial charge in [0, 0.05) is 15.7 Å². The predicted molar refractivity (Wildman–Crippen MR) is 75.4 cm³/mol. The summed E-state index contributed by atoms with van der Waals surface area (Å²) in [6, 6.07) is 5.38. The predicted octanol–water partition coefficient (Wildman–Crippen LogP) is 2.61. The van der Waals surface area contributed by atoms with Gasteiger partial charge in [-0.15, -0.1) is 0 Å². The standard InChI is InChI=1S/C13H17BrN2O2/c1-8-5-6-9(7-10(8)14)15-11(17)12(18)16-13(2,3)4/h5-7H,1-4H3,(H,15,17)(H,16,18). The fraction of sp³-hybridized carbons (Fsp3) is 0.385. The molecule has 0 aliphatic heterocycles. The van der Waals surface area contributed by atoms with Gasteiger partial charge in [0.1, 0.15) is 0 Å². The van der Waals surface area contributed by atoms with Crippen molar-refractivity contribution in [1.29, 1.82) is 0 Å². The molecule has 18 heavy (non-hydrogen) atoms. The van der Waals surface area contributed by atoms with E-state index < -0.39 is 17.4 Å². The van der Waals surface area contributed by atoms with Crippen molar-refractivity contribution < 1.29 is 9.59 Å². The molecule has 0 radical (unpaired) electrons. The Labute approximate surface area is 115 Å². The van der Waals surface area contributed by atoms with E-state index in [2.05, 4.69) is 26.6 Å². The van der Waals surface area contributed by atoms with E-state index in [-0.39, 0.29) is 0 Å². The summed E-state index contributed by atoms with van der Waals surface area (Å²) in [6.07, 6.45) is 0. The van der Waals surface area contributed by atoms with Crippen LogP contribution in [0, 0.1) is 6.92 Å². The molecule has 0 atom stereocenters. The molecule has 2 amide bonds. The van der Waals surface area contributed by atoms with Gasteiger partial charge in [-0.25, -0.2) is 0 Å². The minimum Gasteiger partial charge on any atom is -0.343 e. The molecular formula is C13H17BrN2O2. The zero-order valence-electron chi connectivity index (χ0n) is 10.9. The topological polar surface area (TPSA) is 58.2 Å². The molecule has 0 saturated heterocycles. The van der Waals surface area contributed by atoms with Crippen molar-refractivity contribution in [2.45, 2.75) is 33.2 Å². The molecule has 0 aliphatic carbocycles. The highest BCUT2D eigenvalue weighted by atomic mass is 79.9. The van der Waals surface area contributed by atoms with Crippen molar-refractivity contribution in [1.82, 2.24) is 5.32 Å². The number of rotatable bonds is 1. The zero-order valence-corrected chi connectivity index (χ0v) is 12.5. The Balaban J connectivity index is 2.70. The van der Waals surface area contributed by atoms with Crippen LogP contribution in [0.2, 0.25) is 0 Å². The smallest absolute Gasteiger partial charge is 0.313 e. The third-order valence-corrected chi connectivity index (χ3v) is 2.98. The number of anilines is 1. The molecule has 0 spiro atoms. The fourth-order valence-corrected chi connectivity index (χ4v) is 1.63. The SMILES string of the molecule is Cc1ccc(NC(=O)C(=O)NC(C)(C)C)cc1Br. The first-order valence-corrected chi connectivity index (χ1v) is 6.38. The Bertz CT molecular complexity index is 478. The van der Waals surface area contributed by atoms with Crippen molar-refractivity contribution in [3.63, 3.8) is 0 Å². The number of benzene rings is 1. The average molecular weight is 313 g/mol. The highest BCUT2D eigenvalue weighted by Gasteiger charge is 2.20. The molecule has 0 heterocycles. The van der Waals surface area contributed by atoms with E-state index in [1.54, 1.807) is 12.1 Å². The molecule has 5 heteroatoms. The third kappa shape index (κ3) is 4.49. The van der Waals surface area contributed by atoms with Crippen LogP contribution in [0.3, 0.4) is 0 Å². The van der Waals surface area contributed by atoms with Gasteiger partial charge in [0.15, 0.2) is 0 Å². The lowest BCUT2D eigenvalue weighted by Gasteiger charge is -2.19. The molecule has 0 aromatic heterocycles. The summed E-state index contributed by atoms with van der Waals surface area (Å²) in [5, 5.41) is 5.15. The molecule has 1 aromatic rings. The number of nitrogens with one attached hydrogen (secondary N) is 2. The van der Waals surface area contributed by atoms with Crippen LogP contribution in [0.4, 0.5) is 5.69 Å². The molecule has 4 nitrogen and oxygen atoms in total. The summed E-state index contributed by atoms with van der Waals surface area (Å²) in [7, 11) is 0. The van der Waals surface area contributed by atoms with E-state index in [0.29, 0.717) is 5.69 Å². The second-order valence-electron chi connectivity index (χ2n) is 5.12. The molecule has 0 saturated carbocycles. The number of hydrogen-bond acceptors (Lipinski definition) is 2. The van der Waals surface area contributed by atoms with Gasteiger partial charge in [0.05, 0.1) is 0 Å². The highest BCUT2D eigenvalue weighted by molar-refractivity contribution is 9.10. The lowest BCUT2D eigenvalue weighted by atomic mass is 10.1. The van der Waals surface area contributed by atoms with Crippen LogP contribution in [-0.4, -0.2) is 17.4 Å². The zero-order chi connectivity index (χ0) is 13.9. The van der Waals surface area contributed by atoms with Crippen LogP contribution >= 0.6 is 15.9 Å². The summed E-state index contributed by atoms with van der Waals surface area (Å²) >= 11 is 3.37. The van der Waals surface area contributed by atoms with Crippen molar-refractivity contribution in [3.8, 4) is 0 Å². The monoisotopic (exact) mass is 312 g/mol. The van der Waals surface area contributed by atoms with Gasteiger partial charge in [0.2, 0.25) is 0 Å². The van der Waals surface area contributed by atoms with Crippen molar-refractivity contribution in [2.75, 3.05) is 5.32 Å². The van der Waals surface area contributed by atoms with Gasteiger partial charge in [-0.2, -0.15) is 0 Å². The summed E-state index contributed by atoms with van der Waals surface area (Å²) < 4.78 is 0.886. The second kappa shape index (κ2) is 5.52. The van der Waals surface area contributed by atoms with Crippen molar-refractivity contribution >= 4 is 33.4 Å². The van der Waals surface area contributed by atoms with Crippen molar-refractivity contribution in [2.24, 2.45) is 0 Å². The van der Waals surface area contributed by atoms with Gasteiger partial charge in [-0.05, 0) is 45.4 Å². The Kier molecular flexibility index (Phi) is 4.51. The number of halogens is 1. The van der Waals surface area contributed by atoms with E-state index in [9.17, 15) is 9.59 Å². The first-order valence-electron chi connectivity index (χ1n) is 5.59. The lowest BCUT2D eigenvalue weighted by Crippen LogP contribution is -2.46. The largest absolute Gasteiger partial charge is 0.343 e. The van der Waals surface area contributed by atoms with Crippen LogP contribution in [-0.2, 0) is 9.59 Å². The molecule has 0 unspecified atom stereocenters. The normalized spacial score (nSPS) is 10.9. The van der Waals surface area contributed by atoms with E-state index in [1.165, 1.54) is 0 Å². The van der Waals surface area contributed by atoms with Crippen LogP contribution in [0.25, 0.3) is 0 Å². The fourth-order valence-electron chi connectivity index (χ4n) is 1.26. The minimum absolute atomic E-state index is 0.428. The molecule has 2 N–H and O–H groups in total. The average Bonchev–Trinajstić information content (AvgIpc) is 2.21. The van der Waals surface area contributed by atoms with Gasteiger partial charge < -0.3 is 10.6 Å². The Morgan fingerprint density at radius 2 is 1.78 bits per heavy atom. The molecule has 0 fully saturated rings. The van der Waals surface area contributed by atoms with E-state index in [1.807, 2.05) is 33.8 Å². The summed E-state index contributed by atoms with van der Waals surface area (Å²) in [5.74, 6) is -1.31. The van der Waals surface area contributed by atoms with E-state index in [4.69, 9.17) is 0 Å². The van der Waals surface area contributed by atoms with Gasteiger partial charge in [-0.1, -0.05) is 22.0 Å². The van der Waals surface area contributed by atoms with Crippen LogP contribution in [0.15, 0.2) is 22.7 Å². The van der Waals surface area contributed by atoms with Gasteiger partial charge >= 0.3 is 11.8 Å². The molecule has 1 rings (SSSR count). The Morgan fingerprint density at radius 1 is 1.17 bits per heavy atom. The molecular weight excluding hydrogens is 296 g/mol.